The van der Waals surface area contributed by atoms with Crippen molar-refractivity contribution in [2.75, 3.05) is 0 Å². The molecule has 1 aliphatic rings. The Morgan fingerprint density at radius 3 is 2.18 bits per heavy atom. The smallest absolute Gasteiger partial charge is 1.00 e. The second kappa shape index (κ2) is 5.70. The van der Waals surface area contributed by atoms with Crippen molar-refractivity contribution in [3.63, 3.8) is 0 Å². The summed E-state index contributed by atoms with van der Waals surface area (Å²) in [6, 6.07) is 13.3. The van der Waals surface area contributed by atoms with Gasteiger partial charge < -0.3 is 24.8 Å². The van der Waals surface area contributed by atoms with E-state index >= 15 is 0 Å². The molecule has 85 valence electrons. The van der Waals surface area contributed by atoms with Gasteiger partial charge in [0, 0.05) is 0 Å². The topological polar surface area (TPSA) is 0 Å². The Morgan fingerprint density at radius 2 is 1.47 bits per heavy atom. The van der Waals surface area contributed by atoms with Gasteiger partial charge in [-0.25, -0.2) is 0 Å². The molecule has 0 N–H and O–H groups in total. The summed E-state index contributed by atoms with van der Waals surface area (Å²) in [7, 11) is 0. The zero-order valence-corrected chi connectivity index (χ0v) is 13.4. The molecule has 0 saturated heterocycles. The Bertz CT molecular complexity index is 500. The fraction of sp³-hybridized carbons (Fsp3) is 0.143. The molecule has 0 aromatic heterocycles. The van der Waals surface area contributed by atoms with Gasteiger partial charge in [0.1, 0.15) is 0 Å². The van der Waals surface area contributed by atoms with Gasteiger partial charge in [0.2, 0.25) is 0 Å². The molecule has 0 nitrogen and oxygen atoms in total. The number of hydrogen-bond donors (Lipinski definition) is 0. The summed E-state index contributed by atoms with van der Waals surface area (Å²) in [4.78, 5) is 0. The predicted octanol–water partition coefficient (Wildman–Crippen LogP) is -3.25. The molecule has 0 aliphatic heterocycles. The summed E-state index contributed by atoms with van der Waals surface area (Å²) >= 11 is 1.53. The average Bonchev–Trinajstić information content (AvgIpc) is 2.60. The van der Waals surface area contributed by atoms with Crippen LogP contribution in [0, 0.1) is 6.92 Å². The summed E-state index contributed by atoms with van der Waals surface area (Å²) in [5.74, 6) is 0. The first-order valence-corrected chi connectivity index (χ1v) is 6.42. The minimum atomic E-state index is 0. The van der Waals surface area contributed by atoms with Crippen molar-refractivity contribution in [3.8, 4) is 11.1 Å². The van der Waals surface area contributed by atoms with Crippen LogP contribution in [0.4, 0.5) is 0 Å². The Labute approximate surface area is 129 Å². The minimum Gasteiger partial charge on any atom is -1.00 e. The molecule has 3 rings (SSSR count). The summed E-state index contributed by atoms with van der Waals surface area (Å²) in [5.41, 5.74) is 7.43. The Balaban J connectivity index is 0.000000722. The van der Waals surface area contributed by atoms with Gasteiger partial charge in [-0.15, -0.1) is 0 Å². The summed E-state index contributed by atoms with van der Waals surface area (Å²) in [5, 5.41) is 0. The Morgan fingerprint density at radius 1 is 0.882 bits per heavy atom. The van der Waals surface area contributed by atoms with Gasteiger partial charge in [-0.3, -0.25) is 0 Å². The van der Waals surface area contributed by atoms with Gasteiger partial charge in [-0.1, -0.05) is 0 Å². The molecule has 2 aromatic rings. The van der Waals surface area contributed by atoms with E-state index in [0.29, 0.717) is 0 Å². The molecule has 1 aliphatic carbocycles. The Kier molecular flexibility index (Phi) is 5.01. The standard InChI is InChI=1S/C14H11.2ClH.Zr/c1-10-5-4-8-13-12-7-3-2-6-11(12)9-14(10)13;;;/h2-5,7-8H,9H2,1H3;2*1H;/q;;;+2/p-2. The first kappa shape index (κ1) is 15.0. The van der Waals surface area contributed by atoms with Crippen LogP contribution in [0.3, 0.4) is 0 Å². The fourth-order valence-corrected chi connectivity index (χ4v) is 3.18. The van der Waals surface area contributed by atoms with Crippen LogP contribution in [-0.2, 0) is 31.1 Å². The molecule has 0 atom stereocenters. The van der Waals surface area contributed by atoms with E-state index in [1.54, 1.807) is 5.56 Å². The molecule has 0 amide bonds. The molecule has 17 heavy (non-hydrogen) atoms. The number of fused-ring (bicyclic) bond motifs is 3. The maximum absolute atomic E-state index is 2.26. The van der Waals surface area contributed by atoms with Gasteiger partial charge in [0.25, 0.3) is 0 Å². The number of halogens is 2. The maximum atomic E-state index is 2.26. The molecule has 0 bridgehead atoms. The van der Waals surface area contributed by atoms with Crippen molar-refractivity contribution in [1.29, 1.82) is 0 Å². The van der Waals surface area contributed by atoms with Crippen LogP contribution in [0.1, 0.15) is 16.7 Å². The van der Waals surface area contributed by atoms with Gasteiger partial charge in [0.15, 0.2) is 0 Å². The van der Waals surface area contributed by atoms with Gasteiger partial charge in [-0.2, -0.15) is 0 Å². The Hall–Kier alpha value is -0.0969. The average molecular weight is 341 g/mol. The van der Waals surface area contributed by atoms with Crippen LogP contribution < -0.4 is 28.1 Å². The normalized spacial score (nSPS) is 11.0. The van der Waals surface area contributed by atoms with Crippen molar-refractivity contribution in [3.05, 3.63) is 53.1 Å². The molecule has 0 unspecified atom stereocenters. The van der Waals surface area contributed by atoms with Gasteiger partial charge in [-0.05, 0) is 0 Å². The van der Waals surface area contributed by atoms with E-state index < -0.39 is 0 Å². The number of rotatable bonds is 0. The SMILES string of the molecule is Cc1cccc2c1Cc1[c]([Zr+2])cccc1-2.[Cl-].[Cl-]. The largest absolute Gasteiger partial charge is 1.00 e. The zero-order chi connectivity index (χ0) is 10.4. The summed E-state index contributed by atoms with van der Waals surface area (Å²) < 4.78 is 1.51. The third-order valence-electron chi connectivity index (χ3n) is 3.23. The number of hydrogen-bond acceptors (Lipinski definition) is 0. The second-order valence-corrected chi connectivity index (χ2v) is 5.43. The predicted molar refractivity (Wildman–Crippen MR) is 59.1 cm³/mol. The maximum Gasteiger partial charge on any atom is -1.00 e. The van der Waals surface area contributed by atoms with Crippen LogP contribution >= 0.6 is 0 Å². The monoisotopic (exact) mass is 339 g/mol. The summed E-state index contributed by atoms with van der Waals surface area (Å²) in [6.45, 7) is 2.22. The molecule has 0 saturated carbocycles. The fourth-order valence-electron chi connectivity index (χ4n) is 2.40. The molecule has 0 fully saturated rings. The van der Waals surface area contributed by atoms with E-state index in [1.165, 1.54) is 50.2 Å². The van der Waals surface area contributed by atoms with E-state index in [4.69, 9.17) is 0 Å². The molecule has 2 aromatic carbocycles. The van der Waals surface area contributed by atoms with Crippen LogP contribution in [0.2, 0.25) is 0 Å². The molecular weight excluding hydrogens is 330 g/mol. The van der Waals surface area contributed by atoms with Gasteiger partial charge >= 0.3 is 106 Å². The van der Waals surface area contributed by atoms with Crippen molar-refractivity contribution < 1.29 is 49.5 Å². The van der Waals surface area contributed by atoms with E-state index in [0.717, 1.165) is 6.42 Å². The summed E-state index contributed by atoms with van der Waals surface area (Å²) in [6.07, 6.45) is 1.14. The molecule has 0 heterocycles. The van der Waals surface area contributed by atoms with Crippen molar-refractivity contribution in [2.24, 2.45) is 0 Å². The van der Waals surface area contributed by atoms with Crippen molar-refractivity contribution >= 4 is 3.27 Å². The number of benzene rings is 2. The zero-order valence-electron chi connectivity index (χ0n) is 9.43. The van der Waals surface area contributed by atoms with E-state index in [-0.39, 0.29) is 24.8 Å². The molecule has 0 radical (unpaired) electrons. The van der Waals surface area contributed by atoms with Crippen LogP contribution in [0.5, 0.6) is 0 Å². The van der Waals surface area contributed by atoms with E-state index in [1.807, 2.05) is 0 Å². The van der Waals surface area contributed by atoms with Gasteiger partial charge in [0.05, 0.1) is 0 Å². The van der Waals surface area contributed by atoms with Crippen LogP contribution in [0.15, 0.2) is 36.4 Å². The quantitative estimate of drug-likeness (QED) is 0.403. The van der Waals surface area contributed by atoms with Crippen molar-refractivity contribution in [2.45, 2.75) is 13.3 Å². The van der Waals surface area contributed by atoms with Crippen LogP contribution in [-0.4, -0.2) is 0 Å². The first-order chi connectivity index (χ1) is 7.27. The first-order valence-electron chi connectivity index (χ1n) is 5.20. The third-order valence-corrected chi connectivity index (χ3v) is 4.38. The van der Waals surface area contributed by atoms with E-state index in [9.17, 15) is 0 Å². The molecular formula is C14H11Cl2Zr. The second-order valence-electron chi connectivity index (χ2n) is 4.11. The third kappa shape index (κ3) is 2.38. The van der Waals surface area contributed by atoms with Crippen LogP contribution in [0.25, 0.3) is 11.1 Å². The van der Waals surface area contributed by atoms with E-state index in [2.05, 4.69) is 43.3 Å². The van der Waals surface area contributed by atoms with Crippen molar-refractivity contribution in [1.82, 2.24) is 0 Å². The minimum absolute atomic E-state index is 0. The number of aryl methyl sites for hydroxylation is 1. The molecule has 3 heteroatoms. The molecule has 0 spiro atoms.